The van der Waals surface area contributed by atoms with E-state index in [4.69, 9.17) is 14.2 Å². The van der Waals surface area contributed by atoms with Crippen molar-refractivity contribution in [3.05, 3.63) is 36.5 Å². The summed E-state index contributed by atoms with van der Waals surface area (Å²) in [7, 11) is 0. The minimum atomic E-state index is -0.534. The van der Waals surface area contributed by atoms with E-state index < -0.39 is 6.10 Å². The molecule has 62 heavy (non-hydrogen) atoms. The first-order chi connectivity index (χ1) is 30.6. The predicted octanol–water partition coefficient (Wildman–Crippen LogP) is 18.6. The fraction of sp³-hybridized carbons (Fsp3) is 0.860. The second-order valence-electron chi connectivity index (χ2n) is 18.5. The van der Waals surface area contributed by atoms with E-state index in [1.807, 2.05) is 0 Å². The van der Waals surface area contributed by atoms with Gasteiger partial charge in [0.25, 0.3) is 0 Å². The Morgan fingerprint density at radius 2 is 0.677 bits per heavy atom. The van der Waals surface area contributed by atoms with Crippen LogP contribution in [-0.2, 0) is 23.8 Å². The molecule has 364 valence electrons. The second-order valence-corrected chi connectivity index (χ2v) is 18.5. The molecule has 0 bridgehead atoms. The molecule has 0 saturated carbocycles. The highest BCUT2D eigenvalue weighted by Crippen LogP contribution is 2.16. The highest BCUT2D eigenvalue weighted by molar-refractivity contribution is 5.70. The van der Waals surface area contributed by atoms with Crippen molar-refractivity contribution in [2.24, 2.45) is 0 Å². The zero-order valence-electron chi connectivity index (χ0n) is 41.9. The van der Waals surface area contributed by atoms with Crippen LogP contribution >= 0.6 is 0 Å². The maximum atomic E-state index is 12.7. The maximum Gasteiger partial charge on any atom is 0.306 e. The summed E-state index contributed by atoms with van der Waals surface area (Å²) in [5.41, 5.74) is 0. The summed E-state index contributed by atoms with van der Waals surface area (Å²) in [5.74, 6) is -0.398. The van der Waals surface area contributed by atoms with Crippen molar-refractivity contribution in [1.82, 2.24) is 0 Å². The minimum Gasteiger partial charge on any atom is -0.462 e. The number of allylic oxidation sites excluding steroid dienone is 6. The van der Waals surface area contributed by atoms with Crippen molar-refractivity contribution in [2.45, 2.75) is 297 Å². The molecule has 0 aliphatic carbocycles. The van der Waals surface area contributed by atoms with Crippen molar-refractivity contribution in [2.75, 3.05) is 19.8 Å². The average molecular weight is 871 g/mol. The highest BCUT2D eigenvalue weighted by atomic mass is 16.6. The molecular weight excluding hydrogens is 765 g/mol. The van der Waals surface area contributed by atoms with E-state index in [2.05, 4.69) is 57.2 Å². The van der Waals surface area contributed by atoms with Crippen LogP contribution in [0.4, 0.5) is 0 Å². The van der Waals surface area contributed by atoms with Gasteiger partial charge in [-0.25, -0.2) is 0 Å². The number of rotatable bonds is 51. The Morgan fingerprint density at radius 3 is 1.11 bits per heavy atom. The molecule has 5 nitrogen and oxygen atoms in total. The zero-order valence-corrected chi connectivity index (χ0v) is 41.9. The molecule has 0 amide bonds. The smallest absolute Gasteiger partial charge is 0.306 e. The Morgan fingerprint density at radius 1 is 0.355 bits per heavy atom. The van der Waals surface area contributed by atoms with Gasteiger partial charge in [0.1, 0.15) is 6.61 Å². The molecule has 0 rings (SSSR count). The van der Waals surface area contributed by atoms with E-state index in [-0.39, 0.29) is 18.5 Å². The van der Waals surface area contributed by atoms with Crippen LogP contribution in [0, 0.1) is 0 Å². The van der Waals surface area contributed by atoms with Gasteiger partial charge in [0.05, 0.1) is 6.61 Å². The van der Waals surface area contributed by atoms with Crippen molar-refractivity contribution in [1.29, 1.82) is 0 Å². The molecule has 1 atom stereocenters. The predicted molar refractivity (Wildman–Crippen MR) is 270 cm³/mol. The van der Waals surface area contributed by atoms with Crippen molar-refractivity contribution >= 4 is 11.9 Å². The van der Waals surface area contributed by atoms with E-state index in [0.717, 1.165) is 57.8 Å². The topological polar surface area (TPSA) is 61.8 Å². The molecule has 0 aromatic rings. The normalized spacial score (nSPS) is 12.4. The lowest BCUT2D eigenvalue weighted by atomic mass is 10.0. The third kappa shape index (κ3) is 50.8. The van der Waals surface area contributed by atoms with Crippen LogP contribution in [0.1, 0.15) is 290 Å². The first-order valence-corrected chi connectivity index (χ1v) is 27.5. The Labute approximate surface area is 387 Å². The second kappa shape index (κ2) is 53.5. The zero-order chi connectivity index (χ0) is 44.9. The van der Waals surface area contributed by atoms with Crippen LogP contribution < -0.4 is 0 Å². The molecule has 0 aromatic carbocycles. The van der Waals surface area contributed by atoms with E-state index in [9.17, 15) is 9.59 Å². The lowest BCUT2D eigenvalue weighted by molar-refractivity contribution is -0.163. The molecule has 0 radical (unpaired) electrons. The summed E-state index contributed by atoms with van der Waals surface area (Å²) >= 11 is 0. The number of carbonyl (C=O) groups is 2. The Balaban J connectivity index is 4.15. The van der Waals surface area contributed by atoms with Crippen molar-refractivity contribution in [3.8, 4) is 0 Å². The molecule has 0 aliphatic rings. The molecule has 0 aromatic heterocycles. The first kappa shape index (κ1) is 60.1. The van der Waals surface area contributed by atoms with Gasteiger partial charge >= 0.3 is 11.9 Å². The van der Waals surface area contributed by atoms with Crippen molar-refractivity contribution < 1.29 is 23.8 Å². The van der Waals surface area contributed by atoms with Gasteiger partial charge < -0.3 is 14.2 Å². The van der Waals surface area contributed by atoms with Gasteiger partial charge in [0.15, 0.2) is 6.10 Å². The molecule has 0 fully saturated rings. The number of hydrogen-bond donors (Lipinski definition) is 0. The summed E-state index contributed by atoms with van der Waals surface area (Å²) in [4.78, 5) is 25.4. The molecule has 5 heteroatoms. The Hall–Kier alpha value is -1.88. The third-order valence-electron chi connectivity index (χ3n) is 12.2. The van der Waals surface area contributed by atoms with Crippen LogP contribution in [0.25, 0.3) is 0 Å². The van der Waals surface area contributed by atoms with E-state index in [0.29, 0.717) is 26.1 Å². The number of unbranched alkanes of at least 4 members (excludes halogenated alkanes) is 34. The van der Waals surface area contributed by atoms with Crippen LogP contribution in [0.2, 0.25) is 0 Å². The van der Waals surface area contributed by atoms with Crippen LogP contribution in [0.5, 0.6) is 0 Å². The standard InChI is InChI=1S/C57H106O5/c1-4-7-10-13-16-19-21-23-25-27-29-30-32-34-36-39-41-44-47-50-56(58)61-54-55(62-57(59)51-48-45-42-38-18-15-12-9-6-3)53-60-52-49-46-43-40-37-35-33-31-28-26-24-22-20-17-14-11-8-5-2/h16,19,23,25,29-30,55H,4-15,17-18,20-22,24,26-28,31-54H2,1-3H3/b19-16-,25-23-,30-29-. The third-order valence-corrected chi connectivity index (χ3v) is 12.2. The molecule has 0 heterocycles. The minimum absolute atomic E-state index is 0.0843. The molecule has 1 unspecified atom stereocenters. The Kier molecular flexibility index (Phi) is 51.8. The maximum absolute atomic E-state index is 12.7. The quantitative estimate of drug-likeness (QED) is 0.0346. The Bertz CT molecular complexity index is 986. The lowest BCUT2D eigenvalue weighted by Gasteiger charge is -2.18. The van der Waals surface area contributed by atoms with Gasteiger partial charge in [0, 0.05) is 19.4 Å². The van der Waals surface area contributed by atoms with Gasteiger partial charge in [-0.1, -0.05) is 256 Å². The number of ether oxygens (including phenoxy) is 3. The van der Waals surface area contributed by atoms with Gasteiger partial charge in [-0.2, -0.15) is 0 Å². The SMILES string of the molecule is CCCCC/C=C\C/C=C\C/C=C\CCCCCCCCC(=O)OCC(COCCCCCCCCCCCCCCCCCCCC)OC(=O)CCCCCCCCCCC. The number of esters is 2. The van der Waals surface area contributed by atoms with Crippen LogP contribution in [-0.4, -0.2) is 37.9 Å². The summed E-state index contributed by atoms with van der Waals surface area (Å²) in [6.45, 7) is 7.83. The van der Waals surface area contributed by atoms with Gasteiger partial charge in [-0.05, 0) is 57.8 Å². The van der Waals surface area contributed by atoms with E-state index in [1.165, 1.54) is 199 Å². The van der Waals surface area contributed by atoms with Crippen LogP contribution in [0.3, 0.4) is 0 Å². The summed E-state index contributed by atoms with van der Waals surface area (Å²) in [6.07, 6.45) is 64.5. The summed E-state index contributed by atoms with van der Waals surface area (Å²) < 4.78 is 17.4. The van der Waals surface area contributed by atoms with Gasteiger partial charge in [0.2, 0.25) is 0 Å². The monoisotopic (exact) mass is 871 g/mol. The average Bonchev–Trinajstić information content (AvgIpc) is 3.27. The molecule has 0 saturated heterocycles. The van der Waals surface area contributed by atoms with E-state index in [1.54, 1.807) is 0 Å². The van der Waals surface area contributed by atoms with Gasteiger partial charge in [-0.15, -0.1) is 0 Å². The summed E-state index contributed by atoms with van der Waals surface area (Å²) in [6, 6.07) is 0. The number of carbonyl (C=O) groups excluding carboxylic acids is 2. The first-order valence-electron chi connectivity index (χ1n) is 27.5. The van der Waals surface area contributed by atoms with Crippen LogP contribution in [0.15, 0.2) is 36.5 Å². The largest absolute Gasteiger partial charge is 0.462 e. The number of hydrogen-bond acceptors (Lipinski definition) is 5. The molecule has 0 spiro atoms. The molecule has 0 N–H and O–H groups in total. The molecule has 0 aliphatic heterocycles. The fourth-order valence-corrected chi connectivity index (χ4v) is 8.05. The lowest BCUT2D eigenvalue weighted by Crippen LogP contribution is -2.30. The molecular formula is C57H106O5. The summed E-state index contributed by atoms with van der Waals surface area (Å²) in [5, 5.41) is 0. The van der Waals surface area contributed by atoms with E-state index >= 15 is 0 Å². The van der Waals surface area contributed by atoms with Gasteiger partial charge in [-0.3, -0.25) is 9.59 Å². The highest BCUT2D eigenvalue weighted by Gasteiger charge is 2.17. The fourth-order valence-electron chi connectivity index (χ4n) is 8.05. The van der Waals surface area contributed by atoms with Crippen molar-refractivity contribution in [3.63, 3.8) is 0 Å².